The van der Waals surface area contributed by atoms with Crippen LogP contribution in [-0.2, 0) is 9.59 Å². The van der Waals surface area contributed by atoms with Gasteiger partial charge < -0.3 is 15.2 Å². The van der Waals surface area contributed by atoms with E-state index in [0.29, 0.717) is 12.8 Å². The molecule has 1 aromatic heterocycles. The van der Waals surface area contributed by atoms with Gasteiger partial charge in [0.15, 0.2) is 5.78 Å². The van der Waals surface area contributed by atoms with E-state index in [-0.39, 0.29) is 45.5 Å². The molecule has 2 N–H and O–H groups in total. The van der Waals surface area contributed by atoms with Crippen LogP contribution >= 0.6 is 35.3 Å². The molecule has 1 saturated heterocycles. The summed E-state index contributed by atoms with van der Waals surface area (Å²) in [6, 6.07) is 13.9. The predicted molar refractivity (Wildman–Crippen MR) is 138 cm³/mol. The molecule has 4 rings (SSSR count). The van der Waals surface area contributed by atoms with E-state index in [1.54, 1.807) is 4.90 Å². The standard InChI is InChI=1S/C25H20ClF3N2O5S.ClH/c26-20-12-17(22(33)15-6-8-16(9-7-15)36-25(27,28)29)23(37-20)30-21(32)13-31-18(10-11-19(31)24(34)35)14-4-2-1-3-5-14;/h1-9,12,18-19H,10-11,13H2,(H,30,32)(H,34,35);1H/t18-,19-;/m1./s1. The van der Waals surface area contributed by atoms with E-state index in [1.165, 1.54) is 18.2 Å². The molecule has 2 aromatic carbocycles. The zero-order valence-corrected chi connectivity index (χ0v) is 21.8. The van der Waals surface area contributed by atoms with Gasteiger partial charge in [-0.05, 0) is 48.7 Å². The molecule has 1 aliphatic rings. The third kappa shape index (κ3) is 7.04. The number of carbonyl (C=O) groups is 3. The van der Waals surface area contributed by atoms with Gasteiger partial charge in [0.1, 0.15) is 16.8 Å². The number of hydrogen-bond acceptors (Lipinski definition) is 6. The summed E-state index contributed by atoms with van der Waals surface area (Å²) in [5.41, 5.74) is 1.02. The molecular weight excluding hydrogens is 568 g/mol. The van der Waals surface area contributed by atoms with E-state index in [2.05, 4.69) is 10.1 Å². The number of thiophene rings is 1. The second kappa shape index (κ2) is 12.2. The fourth-order valence-corrected chi connectivity index (χ4v) is 5.44. The lowest BCUT2D eigenvalue weighted by Gasteiger charge is -2.27. The molecule has 0 spiro atoms. The van der Waals surface area contributed by atoms with Crippen molar-refractivity contribution in [3.63, 3.8) is 0 Å². The quantitative estimate of drug-likeness (QED) is 0.305. The van der Waals surface area contributed by atoms with Crippen molar-refractivity contribution in [2.24, 2.45) is 0 Å². The molecular formula is C25H21Cl2F3N2O5S. The van der Waals surface area contributed by atoms with Crippen LogP contribution in [0.3, 0.4) is 0 Å². The Kier molecular flexibility index (Phi) is 9.42. The lowest BCUT2D eigenvalue weighted by Crippen LogP contribution is -2.42. The van der Waals surface area contributed by atoms with Crippen molar-refractivity contribution in [2.75, 3.05) is 11.9 Å². The Labute approximate surface area is 230 Å². The van der Waals surface area contributed by atoms with Crippen LogP contribution in [-0.4, -0.2) is 46.6 Å². The molecule has 1 amide bonds. The number of halogens is 5. The average Bonchev–Trinajstić information content (AvgIpc) is 3.41. The van der Waals surface area contributed by atoms with E-state index in [1.807, 2.05) is 30.3 Å². The van der Waals surface area contributed by atoms with Gasteiger partial charge in [0.25, 0.3) is 0 Å². The zero-order chi connectivity index (χ0) is 26.7. The summed E-state index contributed by atoms with van der Waals surface area (Å²) in [4.78, 5) is 39.5. The number of ketones is 1. The molecule has 3 aromatic rings. The molecule has 13 heteroatoms. The molecule has 38 heavy (non-hydrogen) atoms. The molecule has 0 aliphatic carbocycles. The maximum atomic E-state index is 13.0. The average molecular weight is 589 g/mol. The topological polar surface area (TPSA) is 95.9 Å². The monoisotopic (exact) mass is 588 g/mol. The summed E-state index contributed by atoms with van der Waals surface area (Å²) in [5.74, 6) is -2.61. The molecule has 1 fully saturated rings. The first kappa shape index (κ1) is 29.4. The highest BCUT2D eigenvalue weighted by atomic mass is 35.5. The minimum Gasteiger partial charge on any atom is -0.480 e. The van der Waals surface area contributed by atoms with Crippen LogP contribution in [0, 0.1) is 0 Å². The van der Waals surface area contributed by atoms with Crippen molar-refractivity contribution in [1.29, 1.82) is 0 Å². The number of carboxylic acid groups (broad SMARTS) is 1. The van der Waals surface area contributed by atoms with E-state index >= 15 is 0 Å². The van der Waals surface area contributed by atoms with E-state index in [0.717, 1.165) is 29.0 Å². The van der Waals surface area contributed by atoms with Gasteiger partial charge in [-0.2, -0.15) is 0 Å². The minimum atomic E-state index is -4.86. The SMILES string of the molecule is Cl.O=C(CN1[C@@H](C(=O)O)CC[C@@H]1c1ccccc1)Nc1sc(Cl)cc1C(=O)c1ccc(OC(F)(F)F)cc1. The number of aliphatic carboxylic acids is 1. The number of ether oxygens (including phenoxy) is 1. The maximum absolute atomic E-state index is 13.0. The molecule has 2 atom stereocenters. The molecule has 0 bridgehead atoms. The molecule has 0 unspecified atom stereocenters. The van der Waals surface area contributed by atoms with Gasteiger partial charge in [-0.15, -0.1) is 36.9 Å². The number of alkyl halides is 3. The second-order valence-corrected chi connectivity index (χ2v) is 9.96. The van der Waals surface area contributed by atoms with Crippen molar-refractivity contribution < 1.29 is 37.4 Å². The Morgan fingerprint density at radius 3 is 2.34 bits per heavy atom. The third-order valence-electron chi connectivity index (χ3n) is 5.86. The highest BCUT2D eigenvalue weighted by Gasteiger charge is 2.39. The van der Waals surface area contributed by atoms with Gasteiger partial charge in [-0.3, -0.25) is 19.3 Å². The number of anilines is 1. The number of amides is 1. The van der Waals surface area contributed by atoms with Crippen molar-refractivity contribution in [3.8, 4) is 5.75 Å². The molecule has 1 aliphatic heterocycles. The van der Waals surface area contributed by atoms with E-state index < -0.39 is 35.8 Å². The number of likely N-dealkylation sites (tertiary alicyclic amines) is 1. The summed E-state index contributed by atoms with van der Waals surface area (Å²) in [7, 11) is 0. The summed E-state index contributed by atoms with van der Waals surface area (Å²) < 4.78 is 41.2. The van der Waals surface area contributed by atoms with Crippen LogP contribution in [0.1, 0.15) is 40.4 Å². The van der Waals surface area contributed by atoms with Gasteiger partial charge in [0.05, 0.1) is 16.4 Å². The summed E-state index contributed by atoms with van der Waals surface area (Å²) >= 11 is 7.04. The number of benzene rings is 2. The first-order chi connectivity index (χ1) is 17.5. The van der Waals surface area contributed by atoms with Crippen LogP contribution in [0.2, 0.25) is 4.34 Å². The highest BCUT2D eigenvalue weighted by molar-refractivity contribution is 7.20. The number of nitrogens with zero attached hydrogens (tertiary/aromatic N) is 1. The predicted octanol–water partition coefficient (Wildman–Crippen LogP) is 6.18. The molecule has 2 heterocycles. The lowest BCUT2D eigenvalue weighted by molar-refractivity contribution is -0.274. The minimum absolute atomic E-state index is 0. The summed E-state index contributed by atoms with van der Waals surface area (Å²) in [6.07, 6.45) is -3.92. The van der Waals surface area contributed by atoms with Crippen LogP contribution in [0.25, 0.3) is 0 Å². The van der Waals surface area contributed by atoms with E-state index in [4.69, 9.17) is 11.6 Å². The van der Waals surface area contributed by atoms with Gasteiger partial charge in [0, 0.05) is 11.6 Å². The van der Waals surface area contributed by atoms with Gasteiger partial charge in [-0.25, -0.2) is 0 Å². The number of carboxylic acids is 1. The maximum Gasteiger partial charge on any atom is 0.573 e. The van der Waals surface area contributed by atoms with Crippen LogP contribution in [0.4, 0.5) is 18.2 Å². The summed E-state index contributed by atoms with van der Waals surface area (Å²) in [5, 5.41) is 12.5. The van der Waals surface area contributed by atoms with Crippen molar-refractivity contribution in [2.45, 2.75) is 31.3 Å². The first-order valence-electron chi connectivity index (χ1n) is 11.0. The summed E-state index contributed by atoms with van der Waals surface area (Å²) in [6.45, 7) is -0.233. The molecule has 0 radical (unpaired) electrons. The Bertz CT molecular complexity index is 1300. The first-order valence-corrected chi connectivity index (χ1v) is 12.2. The van der Waals surface area contributed by atoms with Gasteiger partial charge in [-0.1, -0.05) is 41.9 Å². The number of nitrogens with one attached hydrogen (secondary N) is 1. The van der Waals surface area contributed by atoms with Crippen molar-refractivity contribution >= 4 is 58.0 Å². The third-order valence-corrected chi connectivity index (χ3v) is 7.04. The van der Waals surface area contributed by atoms with E-state index in [9.17, 15) is 32.7 Å². The lowest BCUT2D eigenvalue weighted by atomic mass is 10.0. The Balaban J connectivity index is 0.00000400. The number of carbonyl (C=O) groups excluding carboxylic acids is 2. The molecule has 0 saturated carbocycles. The van der Waals surface area contributed by atoms with Crippen LogP contribution in [0.15, 0.2) is 60.7 Å². The number of rotatable bonds is 8. The molecule has 202 valence electrons. The largest absolute Gasteiger partial charge is 0.573 e. The van der Waals surface area contributed by atoms with Crippen LogP contribution < -0.4 is 10.1 Å². The molecule has 7 nitrogen and oxygen atoms in total. The van der Waals surface area contributed by atoms with Crippen LogP contribution in [0.5, 0.6) is 5.75 Å². The Morgan fingerprint density at radius 2 is 1.74 bits per heavy atom. The fourth-order valence-electron chi connectivity index (χ4n) is 4.30. The van der Waals surface area contributed by atoms with Gasteiger partial charge in [0.2, 0.25) is 5.91 Å². The Hall–Kier alpha value is -3.12. The Morgan fingerprint density at radius 1 is 1.08 bits per heavy atom. The van der Waals surface area contributed by atoms with Crippen molar-refractivity contribution in [1.82, 2.24) is 4.90 Å². The highest BCUT2D eigenvalue weighted by Crippen LogP contribution is 2.37. The number of hydrogen-bond donors (Lipinski definition) is 2. The smallest absolute Gasteiger partial charge is 0.480 e. The second-order valence-electron chi connectivity index (χ2n) is 8.27. The van der Waals surface area contributed by atoms with Gasteiger partial charge >= 0.3 is 12.3 Å². The van der Waals surface area contributed by atoms with Crippen molar-refractivity contribution in [3.05, 3.63) is 81.7 Å². The fraction of sp³-hybridized carbons (Fsp3) is 0.240. The normalized spacial score (nSPS) is 17.5. The zero-order valence-electron chi connectivity index (χ0n) is 19.4.